The van der Waals surface area contributed by atoms with Crippen molar-refractivity contribution in [1.82, 2.24) is 20.0 Å². The Bertz CT molecular complexity index is 1040. The van der Waals surface area contributed by atoms with E-state index in [1.54, 1.807) is 12.3 Å². The third kappa shape index (κ3) is 2.23. The van der Waals surface area contributed by atoms with Gasteiger partial charge >= 0.3 is 0 Å². The minimum Gasteiger partial charge on any atom is -0.496 e. The maximum atomic E-state index is 12.1. The summed E-state index contributed by atoms with van der Waals surface area (Å²) in [6.07, 6.45) is -0.349. The van der Waals surface area contributed by atoms with Crippen LogP contribution in [-0.4, -0.2) is 66.8 Å². The summed E-state index contributed by atoms with van der Waals surface area (Å²) < 4.78 is 12.3. The maximum absolute atomic E-state index is 12.1. The summed E-state index contributed by atoms with van der Waals surface area (Å²) in [6.45, 7) is 0.953. The molecule has 1 saturated heterocycles. The first-order chi connectivity index (χ1) is 12.4. The molecule has 0 radical (unpaired) electrons. The van der Waals surface area contributed by atoms with E-state index in [2.05, 4.69) is 15.3 Å². The van der Waals surface area contributed by atoms with Gasteiger partial charge < -0.3 is 24.8 Å². The van der Waals surface area contributed by atoms with Gasteiger partial charge in [0.1, 0.15) is 29.1 Å². The number of aliphatic hydroxyl groups is 3. The number of hydrogen-bond donors (Lipinski definition) is 4. The lowest BCUT2D eigenvalue weighted by Crippen LogP contribution is -2.44. The number of aromatic nitrogens is 4. The van der Waals surface area contributed by atoms with E-state index in [0.717, 1.165) is 0 Å². The molecule has 0 bridgehead atoms. The second-order valence-corrected chi connectivity index (χ2v) is 6.49. The number of H-pyrrole nitrogens is 1. The third-order valence-corrected chi connectivity index (χ3v) is 4.81. The van der Waals surface area contributed by atoms with E-state index in [4.69, 9.17) is 9.47 Å². The molecule has 3 aromatic rings. The Hall–Kier alpha value is -2.53. The zero-order chi connectivity index (χ0) is 18.6. The van der Waals surface area contributed by atoms with Crippen LogP contribution in [0.1, 0.15) is 13.2 Å². The van der Waals surface area contributed by atoms with Gasteiger partial charge in [0, 0.05) is 17.0 Å². The Kier molecular flexibility index (Phi) is 3.74. The molecular formula is C16H18N4O6. The van der Waals surface area contributed by atoms with Gasteiger partial charge in [-0.05, 0) is 13.0 Å². The van der Waals surface area contributed by atoms with Gasteiger partial charge in [-0.25, -0.2) is 9.78 Å². The monoisotopic (exact) mass is 362 g/mol. The second kappa shape index (κ2) is 5.74. The second-order valence-electron chi connectivity index (χ2n) is 6.49. The van der Waals surface area contributed by atoms with Gasteiger partial charge in [0.2, 0.25) is 0 Å². The summed E-state index contributed by atoms with van der Waals surface area (Å²) in [6, 6.07) is 1.59. The third-order valence-electron chi connectivity index (χ3n) is 4.81. The first-order valence-electron chi connectivity index (χ1n) is 7.98. The minimum atomic E-state index is -1.69. The Morgan fingerprint density at radius 2 is 2.23 bits per heavy atom. The van der Waals surface area contributed by atoms with Crippen LogP contribution in [0, 0.1) is 0 Å². The number of aliphatic hydroxyl groups excluding tert-OH is 2. The topological polar surface area (TPSA) is 143 Å². The number of nitrogens with zero attached hydrogens (tertiary/aromatic N) is 3. The molecule has 10 heteroatoms. The standard InChI is InChI=1S/C16H18N4O6/c1-16(24)13(22)11(6-21)26-15(16)20-5-8-10(25-2)3-7-12(8)9(19-20)4-17-18-14(7)23/h3-5,11,13,15,21-22,24H,6H2,1-2H3,(H,18,23)/t11-,13-,15-,16-/m1/s1. The van der Waals surface area contributed by atoms with Crippen molar-refractivity contribution in [3.8, 4) is 5.75 Å². The van der Waals surface area contributed by atoms with Gasteiger partial charge in [-0.15, -0.1) is 0 Å². The summed E-state index contributed by atoms with van der Waals surface area (Å²) in [5.74, 6) is 0.453. The van der Waals surface area contributed by atoms with Crippen molar-refractivity contribution in [3.05, 3.63) is 28.8 Å². The first-order valence-corrected chi connectivity index (χ1v) is 7.98. The van der Waals surface area contributed by atoms with E-state index in [1.807, 2.05) is 0 Å². The zero-order valence-corrected chi connectivity index (χ0v) is 14.1. The van der Waals surface area contributed by atoms with Crippen molar-refractivity contribution in [2.24, 2.45) is 0 Å². The number of nitrogens with one attached hydrogen (secondary N) is 1. The average molecular weight is 362 g/mol. The highest BCUT2D eigenvalue weighted by Crippen LogP contribution is 2.40. The van der Waals surface area contributed by atoms with Crippen LogP contribution in [0.4, 0.5) is 0 Å². The molecule has 10 nitrogen and oxygen atoms in total. The molecule has 4 rings (SSSR count). The van der Waals surface area contributed by atoms with Gasteiger partial charge in [0.15, 0.2) is 6.23 Å². The molecule has 26 heavy (non-hydrogen) atoms. The van der Waals surface area contributed by atoms with E-state index >= 15 is 0 Å². The molecule has 0 amide bonds. The highest BCUT2D eigenvalue weighted by atomic mass is 16.6. The fraction of sp³-hybridized carbons (Fsp3) is 0.438. The summed E-state index contributed by atoms with van der Waals surface area (Å²) in [7, 11) is 1.48. The molecule has 0 unspecified atom stereocenters. The summed E-state index contributed by atoms with van der Waals surface area (Å²) in [5, 5.41) is 42.4. The Labute approximate surface area is 146 Å². The highest BCUT2D eigenvalue weighted by Gasteiger charge is 2.53. The molecule has 1 fully saturated rings. The van der Waals surface area contributed by atoms with Crippen LogP contribution in [0.2, 0.25) is 0 Å². The molecule has 0 spiro atoms. The lowest BCUT2D eigenvalue weighted by Gasteiger charge is -2.27. The normalized spacial score (nSPS) is 28.9. The van der Waals surface area contributed by atoms with E-state index < -0.39 is 30.6 Å². The zero-order valence-electron chi connectivity index (χ0n) is 14.1. The number of aromatic amines is 1. The van der Waals surface area contributed by atoms with Gasteiger partial charge in [0.05, 0.1) is 25.3 Å². The quantitative estimate of drug-likeness (QED) is 0.478. The van der Waals surface area contributed by atoms with Crippen LogP contribution in [0.5, 0.6) is 5.75 Å². The minimum absolute atomic E-state index is 0.372. The molecule has 4 N–H and O–H groups in total. The lowest BCUT2D eigenvalue weighted by atomic mass is 9.97. The van der Waals surface area contributed by atoms with Crippen molar-refractivity contribution >= 4 is 21.7 Å². The Morgan fingerprint density at radius 1 is 1.46 bits per heavy atom. The summed E-state index contributed by atoms with van der Waals surface area (Å²) >= 11 is 0. The number of methoxy groups -OCH3 is 1. The fourth-order valence-electron chi connectivity index (χ4n) is 3.43. The molecule has 1 aliphatic heterocycles. The predicted octanol–water partition coefficient (Wildman–Crippen LogP) is -0.717. The molecule has 1 aromatic carbocycles. The smallest absolute Gasteiger partial charge is 0.272 e. The van der Waals surface area contributed by atoms with Crippen LogP contribution in [0.15, 0.2) is 23.3 Å². The predicted molar refractivity (Wildman–Crippen MR) is 89.8 cm³/mol. The van der Waals surface area contributed by atoms with Gasteiger partial charge in [-0.2, -0.15) is 10.2 Å². The van der Waals surface area contributed by atoms with Crippen LogP contribution < -0.4 is 10.3 Å². The SMILES string of the molecule is COc1cc2c(=O)[nH]ncc3nn([C@@H]4O[C@H](CO)[C@@H](O)[C@@]4(C)O)cc1c32. The molecule has 3 heterocycles. The molecule has 138 valence electrons. The number of rotatable bonds is 3. The first kappa shape index (κ1) is 16.9. The lowest BCUT2D eigenvalue weighted by molar-refractivity contribution is -0.102. The molecule has 2 aromatic heterocycles. The van der Waals surface area contributed by atoms with Crippen molar-refractivity contribution in [3.63, 3.8) is 0 Å². The van der Waals surface area contributed by atoms with E-state index in [0.29, 0.717) is 27.4 Å². The van der Waals surface area contributed by atoms with Crippen LogP contribution >= 0.6 is 0 Å². The van der Waals surface area contributed by atoms with Gasteiger partial charge in [-0.3, -0.25) is 4.79 Å². The van der Waals surface area contributed by atoms with E-state index in [9.17, 15) is 20.1 Å². The molecule has 1 aliphatic rings. The summed E-state index contributed by atoms with van der Waals surface area (Å²) in [4.78, 5) is 12.1. The van der Waals surface area contributed by atoms with Gasteiger partial charge in [0.25, 0.3) is 5.56 Å². The largest absolute Gasteiger partial charge is 0.496 e. The van der Waals surface area contributed by atoms with E-state index in [1.165, 1.54) is 24.9 Å². The Balaban J connectivity index is 1.99. The van der Waals surface area contributed by atoms with Crippen molar-refractivity contribution in [2.75, 3.05) is 13.7 Å². The number of ether oxygens (including phenoxy) is 2. The van der Waals surface area contributed by atoms with Crippen molar-refractivity contribution in [2.45, 2.75) is 31.0 Å². The fourth-order valence-corrected chi connectivity index (χ4v) is 3.43. The average Bonchev–Trinajstić information content (AvgIpc) is 3.04. The van der Waals surface area contributed by atoms with Crippen LogP contribution in [-0.2, 0) is 4.74 Å². The van der Waals surface area contributed by atoms with E-state index in [-0.39, 0.29) is 5.56 Å². The summed E-state index contributed by atoms with van der Waals surface area (Å²) in [5.41, 5.74) is -1.70. The molecule has 0 aliphatic carbocycles. The highest BCUT2D eigenvalue weighted by molar-refractivity contribution is 6.11. The molecule has 4 atom stereocenters. The molecular weight excluding hydrogens is 344 g/mol. The Morgan fingerprint density at radius 3 is 2.88 bits per heavy atom. The van der Waals surface area contributed by atoms with Gasteiger partial charge in [-0.1, -0.05) is 0 Å². The van der Waals surface area contributed by atoms with Crippen molar-refractivity contribution in [1.29, 1.82) is 0 Å². The van der Waals surface area contributed by atoms with Crippen molar-refractivity contribution < 1.29 is 24.8 Å². The number of hydrogen-bond acceptors (Lipinski definition) is 8. The molecule has 0 saturated carbocycles. The van der Waals surface area contributed by atoms with Crippen LogP contribution in [0.3, 0.4) is 0 Å². The van der Waals surface area contributed by atoms with Crippen LogP contribution in [0.25, 0.3) is 21.7 Å². The maximum Gasteiger partial charge on any atom is 0.272 e.